The van der Waals surface area contributed by atoms with Crippen molar-refractivity contribution in [3.63, 3.8) is 0 Å². The number of furan rings is 1. The van der Waals surface area contributed by atoms with Crippen LogP contribution in [0.5, 0.6) is 0 Å². The molecule has 4 nitrogen and oxygen atoms in total. The lowest BCUT2D eigenvalue weighted by Crippen LogP contribution is -2.44. The number of hydrogen-bond acceptors (Lipinski definition) is 4. The molecular formula is C13H18O4. The van der Waals surface area contributed by atoms with Gasteiger partial charge in [-0.1, -0.05) is 19.3 Å². The quantitative estimate of drug-likeness (QED) is 0.820. The second-order valence-electron chi connectivity index (χ2n) is 4.57. The number of carbonyl (C=O) groups excluding carboxylic acids is 1. The fourth-order valence-electron chi connectivity index (χ4n) is 2.64. The lowest BCUT2D eigenvalue weighted by atomic mass is 9.75. The molecule has 2 rings (SSSR count). The Kier molecular flexibility index (Phi) is 3.52. The SMILES string of the molecule is COC(=O)C(O)(c1ccco1)C1CCCCC1. The number of hydrogen-bond donors (Lipinski definition) is 1. The van der Waals surface area contributed by atoms with E-state index in [-0.39, 0.29) is 11.7 Å². The molecule has 0 spiro atoms. The molecule has 1 aliphatic rings. The molecular weight excluding hydrogens is 220 g/mol. The Morgan fingerprint density at radius 1 is 1.47 bits per heavy atom. The topological polar surface area (TPSA) is 59.7 Å². The summed E-state index contributed by atoms with van der Waals surface area (Å²) < 4.78 is 9.97. The van der Waals surface area contributed by atoms with Crippen LogP contribution in [0.15, 0.2) is 22.8 Å². The minimum atomic E-state index is -1.63. The fourth-order valence-corrected chi connectivity index (χ4v) is 2.64. The van der Waals surface area contributed by atoms with Gasteiger partial charge in [-0.3, -0.25) is 0 Å². The van der Waals surface area contributed by atoms with E-state index in [9.17, 15) is 9.90 Å². The number of methoxy groups -OCH3 is 1. The Morgan fingerprint density at radius 2 is 2.18 bits per heavy atom. The number of ether oxygens (including phenoxy) is 1. The molecule has 0 saturated heterocycles. The Labute approximate surface area is 101 Å². The third-order valence-electron chi connectivity index (χ3n) is 3.59. The molecule has 1 unspecified atom stereocenters. The van der Waals surface area contributed by atoms with Gasteiger partial charge < -0.3 is 14.3 Å². The maximum atomic E-state index is 11.9. The number of aliphatic hydroxyl groups is 1. The number of rotatable bonds is 3. The highest BCUT2D eigenvalue weighted by atomic mass is 16.5. The van der Waals surface area contributed by atoms with Gasteiger partial charge in [0, 0.05) is 5.92 Å². The third-order valence-corrected chi connectivity index (χ3v) is 3.59. The van der Waals surface area contributed by atoms with E-state index in [1.165, 1.54) is 13.4 Å². The fraction of sp³-hybridized carbons (Fsp3) is 0.615. The number of esters is 1. The second kappa shape index (κ2) is 4.92. The zero-order valence-corrected chi connectivity index (χ0v) is 10.0. The van der Waals surface area contributed by atoms with E-state index in [0.717, 1.165) is 32.1 Å². The summed E-state index contributed by atoms with van der Waals surface area (Å²) in [5.41, 5.74) is -1.63. The van der Waals surface area contributed by atoms with Crippen LogP contribution < -0.4 is 0 Å². The average molecular weight is 238 g/mol. The van der Waals surface area contributed by atoms with Gasteiger partial charge in [0.15, 0.2) is 0 Å². The zero-order valence-electron chi connectivity index (χ0n) is 10.0. The van der Waals surface area contributed by atoms with Gasteiger partial charge in [0.05, 0.1) is 13.4 Å². The smallest absolute Gasteiger partial charge is 0.346 e. The van der Waals surface area contributed by atoms with E-state index in [1.807, 2.05) is 0 Å². The molecule has 1 aromatic heterocycles. The van der Waals surface area contributed by atoms with Crippen molar-refractivity contribution >= 4 is 5.97 Å². The minimum absolute atomic E-state index is 0.116. The Bertz CT molecular complexity index is 365. The van der Waals surface area contributed by atoms with Gasteiger partial charge in [0.1, 0.15) is 5.76 Å². The lowest BCUT2D eigenvalue weighted by molar-refractivity contribution is -0.175. The van der Waals surface area contributed by atoms with Crippen LogP contribution in [0.2, 0.25) is 0 Å². The summed E-state index contributed by atoms with van der Waals surface area (Å²) in [5, 5.41) is 10.7. The van der Waals surface area contributed by atoms with E-state index < -0.39 is 11.6 Å². The van der Waals surface area contributed by atoms with Crippen LogP contribution in [0, 0.1) is 5.92 Å². The van der Waals surface area contributed by atoms with Gasteiger partial charge in [0.25, 0.3) is 0 Å². The van der Waals surface area contributed by atoms with Gasteiger partial charge in [0.2, 0.25) is 5.60 Å². The first kappa shape index (κ1) is 12.2. The minimum Gasteiger partial charge on any atom is -0.467 e. The van der Waals surface area contributed by atoms with Crippen molar-refractivity contribution in [3.05, 3.63) is 24.2 Å². The van der Waals surface area contributed by atoms with E-state index >= 15 is 0 Å². The summed E-state index contributed by atoms with van der Waals surface area (Å²) in [7, 11) is 1.29. The van der Waals surface area contributed by atoms with E-state index in [2.05, 4.69) is 0 Å². The molecule has 1 N–H and O–H groups in total. The highest BCUT2D eigenvalue weighted by Crippen LogP contribution is 2.40. The summed E-state index contributed by atoms with van der Waals surface area (Å²) in [6, 6.07) is 3.30. The van der Waals surface area contributed by atoms with Crippen molar-refractivity contribution in [2.75, 3.05) is 7.11 Å². The normalized spacial score (nSPS) is 20.8. The molecule has 1 fully saturated rings. The Morgan fingerprint density at radius 3 is 2.71 bits per heavy atom. The van der Waals surface area contributed by atoms with Crippen molar-refractivity contribution in [2.24, 2.45) is 5.92 Å². The molecule has 1 aromatic rings. The monoisotopic (exact) mass is 238 g/mol. The van der Waals surface area contributed by atoms with Gasteiger partial charge in [-0.15, -0.1) is 0 Å². The maximum absolute atomic E-state index is 11.9. The molecule has 0 bridgehead atoms. The first-order valence-electron chi connectivity index (χ1n) is 6.04. The van der Waals surface area contributed by atoms with E-state index in [0.29, 0.717) is 0 Å². The molecule has 1 heterocycles. The predicted octanol–water partition coefficient (Wildman–Crippen LogP) is 2.22. The zero-order chi connectivity index (χ0) is 12.3. The summed E-state index contributed by atoms with van der Waals surface area (Å²) >= 11 is 0. The highest BCUT2D eigenvalue weighted by Gasteiger charge is 2.49. The van der Waals surface area contributed by atoms with Gasteiger partial charge in [-0.2, -0.15) is 0 Å². The van der Waals surface area contributed by atoms with Crippen LogP contribution in [0.3, 0.4) is 0 Å². The first-order valence-corrected chi connectivity index (χ1v) is 6.04. The standard InChI is InChI=1S/C13H18O4/c1-16-12(14)13(15,11-8-5-9-17-11)10-6-3-2-4-7-10/h5,8-10,15H,2-4,6-7H2,1H3. The van der Waals surface area contributed by atoms with E-state index in [4.69, 9.17) is 9.15 Å². The molecule has 0 aliphatic heterocycles. The molecule has 4 heteroatoms. The van der Waals surface area contributed by atoms with Crippen molar-refractivity contribution in [1.29, 1.82) is 0 Å². The summed E-state index contributed by atoms with van der Waals surface area (Å²) in [4.78, 5) is 11.9. The molecule has 0 aromatic carbocycles. The van der Waals surface area contributed by atoms with Gasteiger partial charge >= 0.3 is 5.97 Å². The molecule has 17 heavy (non-hydrogen) atoms. The summed E-state index contributed by atoms with van der Waals surface area (Å²) in [5.74, 6) is -0.453. The van der Waals surface area contributed by atoms with Crippen LogP contribution >= 0.6 is 0 Å². The molecule has 94 valence electrons. The molecule has 0 radical (unpaired) electrons. The average Bonchev–Trinajstić information content (AvgIpc) is 2.92. The van der Waals surface area contributed by atoms with Crippen LogP contribution in [-0.4, -0.2) is 18.2 Å². The third kappa shape index (κ3) is 2.09. The van der Waals surface area contributed by atoms with Crippen LogP contribution in [0.4, 0.5) is 0 Å². The Balaban J connectivity index is 2.32. The van der Waals surface area contributed by atoms with Crippen LogP contribution in [0.25, 0.3) is 0 Å². The van der Waals surface area contributed by atoms with Crippen LogP contribution in [-0.2, 0) is 15.1 Å². The Hall–Kier alpha value is -1.29. The predicted molar refractivity (Wildman–Crippen MR) is 61.2 cm³/mol. The van der Waals surface area contributed by atoms with Crippen molar-refractivity contribution in [2.45, 2.75) is 37.7 Å². The molecule has 0 amide bonds. The first-order chi connectivity index (χ1) is 8.19. The molecule has 1 aliphatic carbocycles. The lowest BCUT2D eigenvalue weighted by Gasteiger charge is -2.34. The van der Waals surface area contributed by atoms with Gasteiger partial charge in [-0.25, -0.2) is 4.79 Å². The highest BCUT2D eigenvalue weighted by molar-refractivity contribution is 5.80. The van der Waals surface area contributed by atoms with Crippen molar-refractivity contribution in [3.8, 4) is 0 Å². The van der Waals surface area contributed by atoms with Crippen molar-refractivity contribution < 1.29 is 19.1 Å². The maximum Gasteiger partial charge on any atom is 0.346 e. The van der Waals surface area contributed by atoms with E-state index in [1.54, 1.807) is 12.1 Å². The second-order valence-corrected chi connectivity index (χ2v) is 4.57. The number of carbonyl (C=O) groups is 1. The van der Waals surface area contributed by atoms with Gasteiger partial charge in [-0.05, 0) is 25.0 Å². The summed E-state index contributed by atoms with van der Waals surface area (Å²) in [6.45, 7) is 0. The van der Waals surface area contributed by atoms with Crippen LogP contribution in [0.1, 0.15) is 37.9 Å². The molecule has 1 atom stereocenters. The molecule has 1 saturated carbocycles. The van der Waals surface area contributed by atoms with Crippen molar-refractivity contribution in [1.82, 2.24) is 0 Å². The largest absolute Gasteiger partial charge is 0.467 e. The summed E-state index contributed by atoms with van der Waals surface area (Å²) in [6.07, 6.45) is 6.34.